The summed E-state index contributed by atoms with van der Waals surface area (Å²) in [5.74, 6) is -2.23. The number of benzene rings is 2. The van der Waals surface area contributed by atoms with Crippen LogP contribution in [0.2, 0.25) is 10.0 Å². The average molecular weight is 546 g/mol. The molecule has 0 spiro atoms. The largest absolute Gasteiger partial charge is 0.495 e. The summed E-state index contributed by atoms with van der Waals surface area (Å²) in [6, 6.07) is 6.37. The Balaban J connectivity index is 1.37. The zero-order chi connectivity index (χ0) is 25.8. The van der Waals surface area contributed by atoms with Gasteiger partial charge in [0.2, 0.25) is 0 Å². The zero-order valence-corrected chi connectivity index (χ0v) is 20.3. The number of piperidine rings is 2. The lowest BCUT2D eigenvalue weighted by Gasteiger charge is -2.54. The Kier molecular flexibility index (Phi) is 6.32. The highest BCUT2D eigenvalue weighted by Crippen LogP contribution is 2.45. The van der Waals surface area contributed by atoms with Crippen LogP contribution in [0.5, 0.6) is 5.75 Å². The molecule has 1 aliphatic carbocycles. The number of nitrogens with one attached hydrogen (secondary N) is 3. The highest BCUT2D eigenvalue weighted by atomic mass is 35.5. The van der Waals surface area contributed by atoms with E-state index in [0.717, 1.165) is 11.3 Å². The van der Waals surface area contributed by atoms with Crippen molar-refractivity contribution in [1.82, 2.24) is 10.2 Å². The molecule has 7 nitrogen and oxygen atoms in total. The molecule has 3 N–H and O–H groups in total. The lowest BCUT2D eigenvalue weighted by Crippen LogP contribution is -2.63. The molecule has 5 rings (SSSR count). The van der Waals surface area contributed by atoms with Crippen molar-refractivity contribution in [1.29, 1.82) is 0 Å². The number of nitrogens with zero attached hydrogens (tertiary/aromatic N) is 2. The first-order valence-corrected chi connectivity index (χ1v) is 11.9. The summed E-state index contributed by atoms with van der Waals surface area (Å²) in [5, 5.41) is 9.38. The Morgan fingerprint density at radius 2 is 1.89 bits per heavy atom. The van der Waals surface area contributed by atoms with Crippen molar-refractivity contribution in [3.63, 3.8) is 0 Å². The lowest BCUT2D eigenvalue weighted by atomic mass is 9.66. The van der Waals surface area contributed by atoms with Gasteiger partial charge in [0.05, 0.1) is 40.6 Å². The van der Waals surface area contributed by atoms with Gasteiger partial charge in [-0.3, -0.25) is 4.79 Å². The molecule has 0 aromatic heterocycles. The highest BCUT2D eigenvalue weighted by Gasteiger charge is 2.52. The number of rotatable bonds is 5. The van der Waals surface area contributed by atoms with Crippen molar-refractivity contribution in [2.75, 3.05) is 30.8 Å². The molecule has 36 heavy (non-hydrogen) atoms. The van der Waals surface area contributed by atoms with Gasteiger partial charge in [0.25, 0.3) is 0 Å². The van der Waals surface area contributed by atoms with E-state index in [0.29, 0.717) is 22.7 Å². The van der Waals surface area contributed by atoms with Gasteiger partial charge in [-0.25, -0.2) is 9.38 Å². The second kappa shape index (κ2) is 9.19. The number of anilines is 2. The van der Waals surface area contributed by atoms with Crippen molar-refractivity contribution in [2.45, 2.75) is 24.8 Å². The van der Waals surface area contributed by atoms with Gasteiger partial charge in [-0.1, -0.05) is 23.2 Å². The van der Waals surface area contributed by atoms with Crippen LogP contribution in [0.15, 0.2) is 29.3 Å². The number of methoxy groups -OCH3 is 1. The first-order chi connectivity index (χ1) is 17.1. The highest BCUT2D eigenvalue weighted by molar-refractivity contribution is 6.42. The number of halogens is 6. The Labute approximate surface area is 213 Å². The van der Waals surface area contributed by atoms with Gasteiger partial charge in [0, 0.05) is 30.8 Å². The number of carbonyl (C=O) groups is 1. The Hall–Kier alpha value is -2.92. The number of carbonyl (C=O) groups excluding carboxylic acids is 1. The standard InChI is InChI=1S/C23H21Cl2F4N5O2/c1-36-17-6-15-12(21(31-9-30-15)33-14-3-2-13(24)18(25)19(14)26)5-16(17)32-20-10-4-11(20)8-34(7-10)22(35)23(27,28)29/h2-3,5-6,9-11,20-21,32-33H,4,7-8H2,1H3,(H,30,31)/t10-,11+,20-,21?. The molecule has 1 saturated carbocycles. The van der Waals surface area contributed by atoms with E-state index < -0.39 is 24.1 Å². The number of hydrogen-bond donors (Lipinski definition) is 3. The molecule has 13 heteroatoms. The van der Waals surface area contributed by atoms with Crippen LogP contribution >= 0.6 is 23.2 Å². The lowest BCUT2D eigenvalue weighted by molar-refractivity contribution is -0.191. The maximum atomic E-state index is 14.6. The van der Waals surface area contributed by atoms with Gasteiger partial charge in [-0.15, -0.1) is 0 Å². The molecule has 2 bridgehead atoms. The monoisotopic (exact) mass is 545 g/mol. The molecule has 2 aliphatic heterocycles. The maximum absolute atomic E-state index is 14.6. The molecule has 4 atom stereocenters. The fourth-order valence-electron chi connectivity index (χ4n) is 5.04. The third kappa shape index (κ3) is 4.39. The van der Waals surface area contributed by atoms with Crippen molar-refractivity contribution >= 4 is 52.5 Å². The zero-order valence-electron chi connectivity index (χ0n) is 18.8. The normalized spacial score (nSPS) is 24.4. The van der Waals surface area contributed by atoms with Crippen molar-refractivity contribution in [3.8, 4) is 5.75 Å². The average Bonchev–Trinajstić information content (AvgIpc) is 2.86. The fraction of sp³-hybridized carbons (Fsp3) is 0.391. The van der Waals surface area contributed by atoms with Crippen molar-refractivity contribution in [3.05, 3.63) is 45.7 Å². The number of ether oxygens (including phenoxy) is 1. The van der Waals surface area contributed by atoms with Gasteiger partial charge in [0.1, 0.15) is 11.9 Å². The van der Waals surface area contributed by atoms with E-state index in [-0.39, 0.29) is 46.7 Å². The van der Waals surface area contributed by atoms with E-state index in [1.807, 2.05) is 0 Å². The summed E-state index contributed by atoms with van der Waals surface area (Å²) in [5.41, 5.74) is 2.03. The smallest absolute Gasteiger partial charge is 0.471 e. The van der Waals surface area contributed by atoms with E-state index in [1.54, 1.807) is 12.1 Å². The van der Waals surface area contributed by atoms with E-state index in [1.165, 1.54) is 25.6 Å². The molecular formula is C23H21Cl2F4N5O2. The second-order valence-corrected chi connectivity index (χ2v) is 9.76. The molecule has 1 saturated heterocycles. The Morgan fingerprint density at radius 3 is 2.56 bits per heavy atom. The molecule has 0 radical (unpaired) electrons. The number of fused-ring (bicyclic) bond motifs is 3. The van der Waals surface area contributed by atoms with Crippen LogP contribution in [-0.2, 0) is 4.79 Å². The SMILES string of the molecule is COc1cc2c(cc1N[C@@H]1[C@@H]3C[C@H]1CN(C(=O)C(F)(F)F)C3)C(Nc1ccc(Cl)c(Cl)c1F)NC=N2. The molecule has 1 unspecified atom stereocenters. The van der Waals surface area contributed by atoms with Crippen LogP contribution < -0.4 is 20.7 Å². The van der Waals surface area contributed by atoms with Gasteiger partial charge >= 0.3 is 12.1 Å². The summed E-state index contributed by atoms with van der Waals surface area (Å²) in [6.07, 6.45) is -3.24. The fourth-order valence-corrected chi connectivity index (χ4v) is 5.35. The minimum Gasteiger partial charge on any atom is -0.495 e. The molecule has 192 valence electrons. The first-order valence-electron chi connectivity index (χ1n) is 11.1. The van der Waals surface area contributed by atoms with E-state index in [4.69, 9.17) is 27.9 Å². The van der Waals surface area contributed by atoms with Gasteiger partial charge in [0.15, 0.2) is 5.82 Å². The van der Waals surface area contributed by atoms with Crippen LogP contribution in [0.4, 0.5) is 34.6 Å². The van der Waals surface area contributed by atoms with Crippen LogP contribution in [0, 0.1) is 17.7 Å². The third-order valence-corrected chi connectivity index (χ3v) is 7.60. The van der Waals surface area contributed by atoms with Crippen LogP contribution in [-0.4, -0.2) is 49.6 Å². The number of likely N-dealkylation sites (tertiary alicyclic amines) is 1. The molecule has 2 fully saturated rings. The number of aliphatic imine (C=N–C) groups is 1. The quantitative estimate of drug-likeness (QED) is 0.349. The molecule has 2 aromatic carbocycles. The summed E-state index contributed by atoms with van der Waals surface area (Å²) < 4.78 is 58.7. The summed E-state index contributed by atoms with van der Waals surface area (Å²) in [6.45, 7) is 0.0683. The predicted molar refractivity (Wildman–Crippen MR) is 129 cm³/mol. The second-order valence-electron chi connectivity index (χ2n) is 8.97. The first kappa shape index (κ1) is 24.8. The minimum absolute atomic E-state index is 0.0341. The summed E-state index contributed by atoms with van der Waals surface area (Å²) >= 11 is 11.8. The van der Waals surface area contributed by atoms with Crippen LogP contribution in [0.25, 0.3) is 0 Å². The molecular weight excluding hydrogens is 525 g/mol. The Morgan fingerprint density at radius 1 is 1.17 bits per heavy atom. The van der Waals surface area contributed by atoms with E-state index in [2.05, 4.69) is 20.9 Å². The number of hydrogen-bond acceptors (Lipinski definition) is 6. The van der Waals surface area contributed by atoms with Crippen LogP contribution in [0.3, 0.4) is 0 Å². The molecule has 2 heterocycles. The van der Waals surface area contributed by atoms with Gasteiger partial charge in [-0.05, 0) is 36.5 Å². The predicted octanol–water partition coefficient (Wildman–Crippen LogP) is 5.34. The van der Waals surface area contributed by atoms with Crippen LogP contribution in [0.1, 0.15) is 18.2 Å². The Bertz CT molecular complexity index is 1230. The van der Waals surface area contributed by atoms with Crippen molar-refractivity contribution in [2.24, 2.45) is 16.8 Å². The maximum Gasteiger partial charge on any atom is 0.471 e. The minimum atomic E-state index is -4.88. The summed E-state index contributed by atoms with van der Waals surface area (Å²) in [4.78, 5) is 16.9. The molecule has 3 aliphatic rings. The summed E-state index contributed by atoms with van der Waals surface area (Å²) in [7, 11) is 1.50. The topological polar surface area (TPSA) is 78.0 Å². The number of alkyl halides is 3. The van der Waals surface area contributed by atoms with Gasteiger partial charge in [-0.2, -0.15) is 13.2 Å². The van der Waals surface area contributed by atoms with Crippen molar-refractivity contribution < 1.29 is 27.1 Å². The van der Waals surface area contributed by atoms with E-state index >= 15 is 0 Å². The molecule has 1 amide bonds. The number of amides is 1. The van der Waals surface area contributed by atoms with E-state index in [9.17, 15) is 22.4 Å². The third-order valence-electron chi connectivity index (χ3n) is 6.82. The molecule has 2 aromatic rings. The van der Waals surface area contributed by atoms with Gasteiger partial charge < -0.3 is 25.6 Å².